The Hall–Kier alpha value is -0.740. The molecule has 0 aliphatic carbocycles. The lowest BCUT2D eigenvalue weighted by Crippen LogP contribution is -2.33. The van der Waals surface area contributed by atoms with Crippen molar-refractivity contribution in [1.29, 1.82) is 0 Å². The summed E-state index contributed by atoms with van der Waals surface area (Å²) in [4.78, 5) is 11.7. The fourth-order valence-electron chi connectivity index (χ4n) is 1.60. The normalized spacial score (nSPS) is 13.0. The number of benzene rings is 1. The zero-order chi connectivity index (χ0) is 15.6. The number of thiophene rings is 1. The largest absolute Gasteiger partial charge is 0.480 e. The van der Waals surface area contributed by atoms with E-state index in [2.05, 4.69) is 36.6 Å². The molecule has 0 spiro atoms. The highest BCUT2D eigenvalue weighted by Crippen LogP contribution is 2.28. The highest BCUT2D eigenvalue weighted by atomic mass is 79.9. The average Bonchev–Trinajstić information content (AvgIpc) is 2.88. The van der Waals surface area contributed by atoms with Crippen LogP contribution in [-0.4, -0.2) is 19.5 Å². The molecule has 0 aliphatic rings. The highest BCUT2D eigenvalue weighted by Gasteiger charge is 2.28. The minimum absolute atomic E-state index is 0.0199. The van der Waals surface area contributed by atoms with Gasteiger partial charge < -0.3 is 5.11 Å². The number of carboxylic acid groups (broad SMARTS) is 1. The van der Waals surface area contributed by atoms with E-state index in [1.807, 2.05) is 0 Å². The molecule has 0 saturated carbocycles. The number of hydrogen-bond donors (Lipinski definition) is 2. The summed E-state index contributed by atoms with van der Waals surface area (Å²) in [5, 5.41) is 10.9. The number of aliphatic carboxylic acids is 1. The lowest BCUT2D eigenvalue weighted by Gasteiger charge is -2.14. The molecule has 0 radical (unpaired) electrons. The van der Waals surface area contributed by atoms with Crippen molar-refractivity contribution in [3.63, 3.8) is 0 Å². The Morgan fingerprint density at radius 3 is 2.52 bits per heavy atom. The molecule has 0 aliphatic heterocycles. The van der Waals surface area contributed by atoms with Crippen molar-refractivity contribution in [3.05, 3.63) is 49.5 Å². The van der Waals surface area contributed by atoms with Crippen LogP contribution in [-0.2, 0) is 14.8 Å². The molecule has 1 aromatic heterocycles. The van der Waals surface area contributed by atoms with Crippen molar-refractivity contribution in [1.82, 2.24) is 4.72 Å². The van der Waals surface area contributed by atoms with Gasteiger partial charge in [0.1, 0.15) is 0 Å². The lowest BCUT2D eigenvalue weighted by molar-refractivity contribution is -0.139. The van der Waals surface area contributed by atoms with Crippen LogP contribution in [0.4, 0.5) is 0 Å². The Morgan fingerprint density at radius 1 is 1.29 bits per heavy atom. The first-order valence-corrected chi connectivity index (χ1v) is 9.50. The quantitative estimate of drug-likeness (QED) is 0.725. The molecule has 5 nitrogen and oxygen atoms in total. The number of hydrogen-bond acceptors (Lipinski definition) is 4. The van der Waals surface area contributed by atoms with Gasteiger partial charge in [0.05, 0.1) is 4.90 Å². The predicted molar refractivity (Wildman–Crippen MR) is 86.9 cm³/mol. The van der Waals surface area contributed by atoms with Crippen LogP contribution in [0.3, 0.4) is 0 Å². The summed E-state index contributed by atoms with van der Waals surface area (Å²) in [6.07, 6.45) is 0. The summed E-state index contributed by atoms with van der Waals surface area (Å²) in [7, 11) is -3.97. The molecule has 2 N–H and O–H groups in total. The van der Waals surface area contributed by atoms with E-state index in [0.717, 1.165) is 0 Å². The van der Waals surface area contributed by atoms with E-state index in [0.29, 0.717) is 13.8 Å². The van der Waals surface area contributed by atoms with Crippen molar-refractivity contribution in [2.24, 2.45) is 0 Å². The molecule has 0 amide bonds. The summed E-state index contributed by atoms with van der Waals surface area (Å²) in [6, 6.07) is 6.47. The van der Waals surface area contributed by atoms with E-state index in [1.165, 1.54) is 17.4 Å². The van der Waals surface area contributed by atoms with Crippen molar-refractivity contribution in [3.8, 4) is 0 Å². The van der Waals surface area contributed by atoms with Crippen molar-refractivity contribution < 1.29 is 18.3 Å². The third-order valence-electron chi connectivity index (χ3n) is 2.53. The van der Waals surface area contributed by atoms with Gasteiger partial charge in [-0.3, -0.25) is 4.79 Å². The van der Waals surface area contributed by atoms with E-state index in [9.17, 15) is 18.3 Å². The van der Waals surface area contributed by atoms with Crippen molar-refractivity contribution in [2.45, 2.75) is 10.9 Å². The third-order valence-corrected chi connectivity index (χ3v) is 6.36. The maximum absolute atomic E-state index is 12.4. The molecule has 2 rings (SSSR count). The molecule has 0 fully saturated rings. The fourth-order valence-corrected chi connectivity index (χ4v) is 5.35. The number of carboxylic acids is 1. The van der Waals surface area contributed by atoms with Gasteiger partial charge in [-0.05, 0) is 45.6 Å². The molecule has 1 heterocycles. The van der Waals surface area contributed by atoms with Crippen LogP contribution in [0.1, 0.15) is 10.9 Å². The van der Waals surface area contributed by atoms with Crippen LogP contribution in [0, 0.1) is 0 Å². The smallest absolute Gasteiger partial charge is 0.327 e. The number of sulfonamides is 1. The second-order valence-electron chi connectivity index (χ2n) is 3.98. The number of nitrogens with one attached hydrogen (secondary N) is 1. The monoisotopic (exact) mass is 453 g/mol. The van der Waals surface area contributed by atoms with Crippen molar-refractivity contribution >= 4 is 59.2 Å². The van der Waals surface area contributed by atoms with Crippen LogP contribution < -0.4 is 4.72 Å². The summed E-state index contributed by atoms with van der Waals surface area (Å²) in [6.45, 7) is 0. The van der Waals surface area contributed by atoms with Crippen LogP contribution in [0.2, 0.25) is 0 Å². The van der Waals surface area contributed by atoms with Gasteiger partial charge in [0.2, 0.25) is 10.0 Å². The number of halogens is 2. The standard InChI is InChI=1S/C12H9Br2NO4S2/c13-7-3-4-10(8(14)6-7)21(18,19)15-11(12(16)17)9-2-1-5-20-9/h1-6,11,15H,(H,16,17). The molecule has 1 unspecified atom stereocenters. The van der Waals surface area contributed by atoms with E-state index in [1.54, 1.807) is 29.6 Å². The number of rotatable bonds is 5. The first kappa shape index (κ1) is 16.6. The van der Waals surface area contributed by atoms with E-state index >= 15 is 0 Å². The molecule has 112 valence electrons. The molecule has 0 saturated heterocycles. The maximum Gasteiger partial charge on any atom is 0.327 e. The lowest BCUT2D eigenvalue weighted by atomic mass is 10.3. The Balaban J connectivity index is 2.37. The van der Waals surface area contributed by atoms with Crippen LogP contribution in [0.15, 0.2) is 49.6 Å². The predicted octanol–water partition coefficient (Wildman–Crippen LogP) is 3.38. The van der Waals surface area contributed by atoms with E-state index in [-0.39, 0.29) is 4.90 Å². The summed E-state index contributed by atoms with van der Waals surface area (Å²) < 4.78 is 28.0. The van der Waals surface area contributed by atoms with Crippen molar-refractivity contribution in [2.75, 3.05) is 0 Å². The zero-order valence-corrected chi connectivity index (χ0v) is 15.1. The van der Waals surface area contributed by atoms with Gasteiger partial charge in [-0.25, -0.2) is 8.42 Å². The summed E-state index contributed by atoms with van der Waals surface area (Å²) in [5.41, 5.74) is 0. The molecule has 1 aromatic carbocycles. The second kappa shape index (κ2) is 6.57. The van der Waals surface area contributed by atoms with Crippen LogP contribution in [0.25, 0.3) is 0 Å². The van der Waals surface area contributed by atoms with Crippen LogP contribution in [0.5, 0.6) is 0 Å². The van der Waals surface area contributed by atoms with Gasteiger partial charge in [-0.2, -0.15) is 4.72 Å². The molecular weight excluding hydrogens is 446 g/mol. The molecule has 9 heteroatoms. The van der Waals surface area contributed by atoms with E-state index in [4.69, 9.17) is 0 Å². The fraction of sp³-hybridized carbons (Fsp3) is 0.0833. The van der Waals surface area contributed by atoms with Gasteiger partial charge in [0, 0.05) is 13.8 Å². The molecule has 1 atom stereocenters. The maximum atomic E-state index is 12.4. The molecule has 21 heavy (non-hydrogen) atoms. The Bertz CT molecular complexity index is 760. The second-order valence-corrected chi connectivity index (χ2v) is 8.41. The SMILES string of the molecule is O=C(O)C(NS(=O)(=O)c1ccc(Br)cc1Br)c1cccs1. The summed E-state index contributed by atoms with van der Waals surface area (Å²) >= 11 is 7.57. The Kier molecular flexibility index (Phi) is 5.20. The minimum Gasteiger partial charge on any atom is -0.480 e. The Morgan fingerprint density at radius 2 is 2.00 bits per heavy atom. The first-order chi connectivity index (χ1) is 9.81. The van der Waals surface area contributed by atoms with E-state index < -0.39 is 22.0 Å². The zero-order valence-electron chi connectivity index (χ0n) is 10.3. The Labute approximate surface area is 142 Å². The first-order valence-electron chi connectivity index (χ1n) is 5.55. The molecule has 2 aromatic rings. The average molecular weight is 455 g/mol. The van der Waals surface area contributed by atoms with Gasteiger partial charge in [-0.15, -0.1) is 11.3 Å². The third kappa shape index (κ3) is 3.92. The van der Waals surface area contributed by atoms with Gasteiger partial charge >= 0.3 is 5.97 Å². The minimum atomic E-state index is -3.97. The topological polar surface area (TPSA) is 83.5 Å². The number of carbonyl (C=O) groups is 1. The molecule has 0 bridgehead atoms. The highest BCUT2D eigenvalue weighted by molar-refractivity contribution is 9.11. The van der Waals surface area contributed by atoms with Crippen LogP contribution >= 0.6 is 43.2 Å². The van der Waals surface area contributed by atoms with Gasteiger partial charge in [-0.1, -0.05) is 22.0 Å². The van der Waals surface area contributed by atoms with Gasteiger partial charge in [0.15, 0.2) is 6.04 Å². The molecular formula is C12H9Br2NO4S2. The summed E-state index contributed by atoms with van der Waals surface area (Å²) in [5.74, 6) is -1.26. The van der Waals surface area contributed by atoms with Gasteiger partial charge in [0.25, 0.3) is 0 Å².